The number of carbonyl (C=O) groups excluding carboxylic acids is 2. The average molecular weight is 439 g/mol. The second kappa shape index (κ2) is 11.0. The molecule has 0 aliphatic carbocycles. The van der Waals surface area contributed by atoms with E-state index >= 15 is 0 Å². The fourth-order valence-corrected chi connectivity index (χ4v) is 3.14. The van der Waals surface area contributed by atoms with Gasteiger partial charge in [0, 0.05) is 22.8 Å². The summed E-state index contributed by atoms with van der Waals surface area (Å²) >= 11 is 5.97. The molecule has 0 aliphatic heterocycles. The number of halogens is 1. The molecule has 3 aromatic carbocycles. The molecule has 0 saturated heterocycles. The van der Waals surface area contributed by atoms with Gasteiger partial charge in [-0.15, -0.1) is 0 Å². The molecule has 0 spiro atoms. The maximum absolute atomic E-state index is 12.3. The number of hydrogen-bond acceptors (Lipinski definition) is 4. The maximum Gasteiger partial charge on any atom is 0.262 e. The van der Waals surface area contributed by atoms with Gasteiger partial charge in [-0.25, -0.2) is 0 Å². The number of rotatable bonds is 9. The van der Waals surface area contributed by atoms with Crippen LogP contribution < -0.4 is 20.1 Å². The van der Waals surface area contributed by atoms with Crippen LogP contribution in [0.3, 0.4) is 0 Å². The molecule has 0 heterocycles. The largest absolute Gasteiger partial charge is 0.493 e. The maximum atomic E-state index is 12.3. The lowest BCUT2D eigenvalue weighted by atomic mass is 10.1. The minimum atomic E-state index is -0.324. The van der Waals surface area contributed by atoms with Gasteiger partial charge >= 0.3 is 0 Å². The van der Waals surface area contributed by atoms with Crippen LogP contribution >= 0.6 is 11.6 Å². The van der Waals surface area contributed by atoms with Crippen molar-refractivity contribution in [2.24, 2.45) is 0 Å². The lowest BCUT2D eigenvalue weighted by Gasteiger charge is -2.11. The lowest BCUT2D eigenvalue weighted by Crippen LogP contribution is -2.20. The number of anilines is 2. The Morgan fingerprint density at radius 1 is 0.839 bits per heavy atom. The summed E-state index contributed by atoms with van der Waals surface area (Å²) in [4.78, 5) is 24.5. The molecule has 3 rings (SSSR count). The topological polar surface area (TPSA) is 76.7 Å². The molecule has 0 atom stereocenters. The minimum absolute atomic E-state index is 0.122. The highest BCUT2D eigenvalue weighted by Gasteiger charge is 2.09. The van der Waals surface area contributed by atoms with Crippen LogP contribution in [0, 0.1) is 0 Å². The summed E-state index contributed by atoms with van der Waals surface area (Å²) in [6.45, 7) is -0.170. The van der Waals surface area contributed by atoms with Gasteiger partial charge in [-0.2, -0.15) is 0 Å². The smallest absolute Gasteiger partial charge is 0.262 e. The number of nitrogens with one attached hydrogen (secondary N) is 2. The molecule has 31 heavy (non-hydrogen) atoms. The SMILES string of the molecule is COc1ccccc1OCC(=O)Nc1cccc(NC(=O)CCc2cccc(Cl)c2)c1. The molecule has 2 amide bonds. The summed E-state index contributed by atoms with van der Waals surface area (Å²) in [6.07, 6.45) is 0.910. The molecule has 0 radical (unpaired) electrons. The summed E-state index contributed by atoms with van der Waals surface area (Å²) in [5.74, 6) is 0.594. The first-order valence-corrected chi connectivity index (χ1v) is 10.1. The van der Waals surface area contributed by atoms with E-state index in [0.29, 0.717) is 40.7 Å². The molecule has 160 valence electrons. The van der Waals surface area contributed by atoms with Crippen molar-refractivity contribution in [3.63, 3.8) is 0 Å². The number of methoxy groups -OCH3 is 1. The molecular formula is C24H23ClN2O4. The van der Waals surface area contributed by atoms with Gasteiger partial charge in [0.05, 0.1) is 7.11 Å². The molecule has 3 aromatic rings. The lowest BCUT2D eigenvalue weighted by molar-refractivity contribution is -0.118. The fraction of sp³-hybridized carbons (Fsp3) is 0.167. The van der Waals surface area contributed by atoms with E-state index in [-0.39, 0.29) is 18.4 Å². The van der Waals surface area contributed by atoms with E-state index in [9.17, 15) is 9.59 Å². The summed E-state index contributed by atoms with van der Waals surface area (Å²) in [5.41, 5.74) is 2.15. The Kier molecular flexibility index (Phi) is 7.90. The summed E-state index contributed by atoms with van der Waals surface area (Å²) < 4.78 is 10.7. The molecule has 6 nitrogen and oxygen atoms in total. The summed E-state index contributed by atoms with van der Waals surface area (Å²) in [6, 6.07) is 21.5. The molecular weight excluding hydrogens is 416 g/mol. The molecule has 0 fully saturated rings. The Labute approximate surface area is 186 Å². The first-order chi connectivity index (χ1) is 15.0. The number of aryl methyl sites for hydroxylation is 1. The van der Waals surface area contributed by atoms with Crippen LogP contribution in [0.15, 0.2) is 72.8 Å². The second-order valence-electron chi connectivity index (χ2n) is 6.75. The van der Waals surface area contributed by atoms with E-state index in [4.69, 9.17) is 21.1 Å². The third kappa shape index (κ3) is 7.04. The third-order valence-electron chi connectivity index (χ3n) is 4.39. The van der Waals surface area contributed by atoms with Gasteiger partial charge < -0.3 is 20.1 Å². The Hall–Kier alpha value is -3.51. The third-order valence-corrected chi connectivity index (χ3v) is 4.62. The van der Waals surface area contributed by atoms with Crippen molar-refractivity contribution in [2.45, 2.75) is 12.8 Å². The van der Waals surface area contributed by atoms with Gasteiger partial charge in [0.1, 0.15) is 0 Å². The minimum Gasteiger partial charge on any atom is -0.493 e. The van der Waals surface area contributed by atoms with Crippen molar-refractivity contribution >= 4 is 34.8 Å². The van der Waals surface area contributed by atoms with Gasteiger partial charge in [0.2, 0.25) is 5.91 Å². The van der Waals surface area contributed by atoms with Gasteiger partial charge in [0.25, 0.3) is 5.91 Å². The standard InChI is InChI=1S/C24H23ClN2O4/c1-30-21-10-2-3-11-22(21)31-16-24(29)27-20-9-5-8-19(15-20)26-23(28)13-12-17-6-4-7-18(25)14-17/h2-11,14-15H,12-13,16H2,1H3,(H,26,28)(H,27,29). The zero-order chi connectivity index (χ0) is 22.1. The van der Waals surface area contributed by atoms with Crippen LogP contribution in [-0.2, 0) is 16.0 Å². The van der Waals surface area contributed by atoms with Crippen molar-refractivity contribution in [3.8, 4) is 11.5 Å². The van der Waals surface area contributed by atoms with E-state index in [1.807, 2.05) is 24.3 Å². The van der Waals surface area contributed by atoms with Crippen LogP contribution in [0.2, 0.25) is 5.02 Å². The fourth-order valence-electron chi connectivity index (χ4n) is 2.93. The monoisotopic (exact) mass is 438 g/mol. The van der Waals surface area contributed by atoms with Crippen molar-refractivity contribution in [1.29, 1.82) is 0 Å². The normalized spacial score (nSPS) is 10.3. The molecule has 0 bridgehead atoms. The zero-order valence-electron chi connectivity index (χ0n) is 17.1. The Morgan fingerprint density at radius 2 is 1.52 bits per heavy atom. The van der Waals surface area contributed by atoms with Crippen LogP contribution in [-0.4, -0.2) is 25.5 Å². The van der Waals surface area contributed by atoms with Gasteiger partial charge in [-0.3, -0.25) is 9.59 Å². The van der Waals surface area contributed by atoms with Crippen molar-refractivity contribution < 1.29 is 19.1 Å². The molecule has 7 heteroatoms. The highest BCUT2D eigenvalue weighted by Crippen LogP contribution is 2.25. The molecule has 0 aromatic heterocycles. The quantitative estimate of drug-likeness (QED) is 0.496. The predicted molar refractivity (Wildman–Crippen MR) is 122 cm³/mol. The van der Waals surface area contributed by atoms with Crippen LogP contribution in [0.1, 0.15) is 12.0 Å². The van der Waals surface area contributed by atoms with Crippen molar-refractivity contribution in [1.82, 2.24) is 0 Å². The van der Waals surface area contributed by atoms with E-state index in [1.165, 1.54) is 7.11 Å². The highest BCUT2D eigenvalue weighted by atomic mass is 35.5. The molecule has 0 aliphatic rings. The zero-order valence-corrected chi connectivity index (χ0v) is 17.8. The number of benzene rings is 3. The second-order valence-corrected chi connectivity index (χ2v) is 7.18. The van der Waals surface area contributed by atoms with Crippen molar-refractivity contribution in [2.75, 3.05) is 24.4 Å². The van der Waals surface area contributed by atoms with E-state index < -0.39 is 0 Å². The van der Waals surface area contributed by atoms with Crippen LogP contribution in [0.4, 0.5) is 11.4 Å². The number of para-hydroxylation sites is 2. The van der Waals surface area contributed by atoms with Gasteiger partial charge in [-0.05, 0) is 54.4 Å². The Morgan fingerprint density at radius 3 is 2.23 bits per heavy atom. The average Bonchev–Trinajstić information content (AvgIpc) is 2.77. The van der Waals surface area contributed by atoms with Crippen LogP contribution in [0.5, 0.6) is 11.5 Å². The van der Waals surface area contributed by atoms with E-state index in [0.717, 1.165) is 5.56 Å². The molecule has 0 saturated carbocycles. The van der Waals surface area contributed by atoms with Gasteiger partial charge in [-0.1, -0.05) is 41.9 Å². The highest BCUT2D eigenvalue weighted by molar-refractivity contribution is 6.30. The van der Waals surface area contributed by atoms with Crippen molar-refractivity contribution in [3.05, 3.63) is 83.4 Å². The summed E-state index contributed by atoms with van der Waals surface area (Å²) in [7, 11) is 1.54. The Balaban J connectivity index is 1.50. The molecule has 2 N–H and O–H groups in total. The summed E-state index contributed by atoms with van der Waals surface area (Å²) in [5, 5.41) is 6.25. The molecule has 0 unspecified atom stereocenters. The number of ether oxygens (including phenoxy) is 2. The first-order valence-electron chi connectivity index (χ1n) is 9.73. The number of amides is 2. The number of hydrogen-bond donors (Lipinski definition) is 2. The van der Waals surface area contributed by atoms with E-state index in [2.05, 4.69) is 10.6 Å². The Bertz CT molecular complexity index is 1060. The predicted octanol–water partition coefficient (Wildman–Crippen LogP) is 4.94. The first kappa shape index (κ1) is 22.2. The van der Waals surface area contributed by atoms with E-state index in [1.54, 1.807) is 48.5 Å². The number of carbonyl (C=O) groups is 2. The van der Waals surface area contributed by atoms with Gasteiger partial charge in [0.15, 0.2) is 18.1 Å². The van der Waals surface area contributed by atoms with Crippen LogP contribution in [0.25, 0.3) is 0 Å².